The third-order valence-electron chi connectivity index (χ3n) is 2.23. The molecular weight excluding hydrogens is 275 g/mol. The first-order chi connectivity index (χ1) is 7.01. The number of aromatic nitrogens is 3. The molecule has 0 spiro atoms. The SMILES string of the molecule is FC(F)(F)Cc1nnc(CBr)n1C1CC1. The van der Waals surface area contributed by atoms with Crippen molar-refractivity contribution in [1.82, 2.24) is 14.8 Å². The van der Waals surface area contributed by atoms with Crippen molar-refractivity contribution < 1.29 is 13.2 Å². The minimum absolute atomic E-state index is 0.0273. The highest BCUT2D eigenvalue weighted by atomic mass is 79.9. The Balaban J connectivity index is 2.26. The summed E-state index contributed by atoms with van der Waals surface area (Å²) in [5, 5.41) is 7.78. The van der Waals surface area contributed by atoms with Gasteiger partial charge in [-0.3, -0.25) is 0 Å². The standard InChI is InChI=1S/C8H9BrF3N3/c9-4-7-14-13-6(3-8(10,11)12)15(7)5-1-2-5/h5H,1-4H2. The molecule has 0 radical (unpaired) electrons. The largest absolute Gasteiger partial charge is 0.396 e. The number of nitrogens with zero attached hydrogens (tertiary/aromatic N) is 3. The summed E-state index contributed by atoms with van der Waals surface area (Å²) in [7, 11) is 0. The molecule has 15 heavy (non-hydrogen) atoms. The Morgan fingerprint density at radius 1 is 1.27 bits per heavy atom. The summed E-state index contributed by atoms with van der Waals surface area (Å²) < 4.78 is 38.3. The molecule has 1 fully saturated rings. The molecule has 1 aliphatic carbocycles. The van der Waals surface area contributed by atoms with E-state index in [1.165, 1.54) is 0 Å². The maximum absolute atomic E-state index is 12.2. The number of hydrogen-bond acceptors (Lipinski definition) is 2. The van der Waals surface area contributed by atoms with Crippen molar-refractivity contribution in [3.63, 3.8) is 0 Å². The third kappa shape index (κ3) is 2.50. The fourth-order valence-corrected chi connectivity index (χ4v) is 1.89. The Morgan fingerprint density at radius 2 is 1.87 bits per heavy atom. The lowest BCUT2D eigenvalue weighted by molar-refractivity contribution is -0.129. The number of rotatable bonds is 3. The topological polar surface area (TPSA) is 30.7 Å². The summed E-state index contributed by atoms with van der Waals surface area (Å²) in [6.07, 6.45) is -3.38. The highest BCUT2D eigenvalue weighted by Crippen LogP contribution is 2.38. The van der Waals surface area contributed by atoms with Crippen LogP contribution in [0.15, 0.2) is 0 Å². The molecule has 0 unspecified atom stereocenters. The zero-order chi connectivity index (χ0) is 11.1. The van der Waals surface area contributed by atoms with Crippen LogP contribution in [0.4, 0.5) is 13.2 Å². The zero-order valence-electron chi connectivity index (χ0n) is 7.76. The van der Waals surface area contributed by atoms with Gasteiger partial charge in [-0.1, -0.05) is 15.9 Å². The van der Waals surface area contributed by atoms with Crippen LogP contribution in [0.2, 0.25) is 0 Å². The molecular formula is C8H9BrF3N3. The van der Waals surface area contributed by atoms with Crippen molar-refractivity contribution in [2.24, 2.45) is 0 Å². The van der Waals surface area contributed by atoms with Crippen molar-refractivity contribution in [2.75, 3.05) is 0 Å². The van der Waals surface area contributed by atoms with Crippen molar-refractivity contribution in [3.8, 4) is 0 Å². The molecule has 1 aromatic rings. The highest BCUT2D eigenvalue weighted by molar-refractivity contribution is 9.08. The summed E-state index contributed by atoms with van der Waals surface area (Å²) in [5.41, 5.74) is 0. The van der Waals surface area contributed by atoms with E-state index in [2.05, 4.69) is 26.1 Å². The number of hydrogen-bond donors (Lipinski definition) is 0. The van der Waals surface area contributed by atoms with Crippen LogP contribution in [0, 0.1) is 0 Å². The molecule has 0 saturated heterocycles. The molecule has 0 aromatic carbocycles. The summed E-state index contributed by atoms with van der Waals surface area (Å²) in [6, 6.07) is 0.171. The molecule has 1 saturated carbocycles. The third-order valence-corrected chi connectivity index (χ3v) is 2.73. The normalized spacial score (nSPS) is 17.1. The van der Waals surface area contributed by atoms with Gasteiger partial charge in [0.1, 0.15) is 18.1 Å². The first-order valence-electron chi connectivity index (χ1n) is 4.56. The van der Waals surface area contributed by atoms with E-state index >= 15 is 0 Å². The molecule has 2 rings (SSSR count). The van der Waals surface area contributed by atoms with Gasteiger partial charge in [0.05, 0.1) is 5.33 Å². The second-order valence-corrected chi connectivity index (χ2v) is 4.12. The second-order valence-electron chi connectivity index (χ2n) is 3.56. The Morgan fingerprint density at radius 3 is 2.33 bits per heavy atom. The van der Waals surface area contributed by atoms with Gasteiger partial charge in [0.25, 0.3) is 0 Å². The van der Waals surface area contributed by atoms with E-state index in [1.54, 1.807) is 4.57 Å². The van der Waals surface area contributed by atoms with Crippen molar-refractivity contribution in [2.45, 2.75) is 36.8 Å². The monoisotopic (exact) mass is 283 g/mol. The van der Waals surface area contributed by atoms with Gasteiger partial charge in [-0.15, -0.1) is 10.2 Å². The quantitative estimate of drug-likeness (QED) is 0.799. The van der Waals surface area contributed by atoms with Crippen LogP contribution in [-0.2, 0) is 11.8 Å². The lowest BCUT2D eigenvalue weighted by Gasteiger charge is -2.09. The average Bonchev–Trinajstić information content (AvgIpc) is 2.87. The fraction of sp³-hybridized carbons (Fsp3) is 0.750. The van der Waals surface area contributed by atoms with Crippen LogP contribution in [0.1, 0.15) is 30.5 Å². The Labute approximate surface area is 92.8 Å². The summed E-state index contributed by atoms with van der Waals surface area (Å²) in [5.74, 6) is 0.608. The molecule has 0 aliphatic heterocycles. The van der Waals surface area contributed by atoms with Gasteiger partial charge in [-0.25, -0.2) is 0 Å². The zero-order valence-corrected chi connectivity index (χ0v) is 9.35. The van der Waals surface area contributed by atoms with E-state index in [-0.39, 0.29) is 11.9 Å². The van der Waals surface area contributed by atoms with Crippen molar-refractivity contribution >= 4 is 15.9 Å². The lowest BCUT2D eigenvalue weighted by atomic mass is 10.4. The maximum Gasteiger partial charge on any atom is 0.396 e. The van der Waals surface area contributed by atoms with E-state index in [9.17, 15) is 13.2 Å². The Kier molecular flexibility index (Phi) is 2.74. The molecule has 84 valence electrons. The van der Waals surface area contributed by atoms with Gasteiger partial charge < -0.3 is 4.57 Å². The van der Waals surface area contributed by atoms with Gasteiger partial charge in [0.15, 0.2) is 0 Å². The van der Waals surface area contributed by atoms with Crippen LogP contribution in [0.3, 0.4) is 0 Å². The molecule has 0 amide bonds. The Bertz CT molecular complexity index is 357. The molecule has 7 heteroatoms. The smallest absolute Gasteiger partial charge is 0.311 e. The van der Waals surface area contributed by atoms with Crippen LogP contribution >= 0.6 is 15.9 Å². The summed E-state index contributed by atoms with van der Waals surface area (Å²) in [6.45, 7) is 0. The fourth-order valence-electron chi connectivity index (χ4n) is 1.51. The lowest BCUT2D eigenvalue weighted by Crippen LogP contribution is -2.16. The van der Waals surface area contributed by atoms with Gasteiger partial charge in [0.2, 0.25) is 0 Å². The van der Waals surface area contributed by atoms with Crippen LogP contribution in [0.25, 0.3) is 0 Å². The average molecular weight is 284 g/mol. The van der Waals surface area contributed by atoms with Gasteiger partial charge in [-0.2, -0.15) is 13.2 Å². The predicted molar refractivity (Wildman–Crippen MR) is 50.7 cm³/mol. The minimum atomic E-state index is -4.22. The highest BCUT2D eigenvalue weighted by Gasteiger charge is 2.35. The molecule has 0 atom stereocenters. The molecule has 0 N–H and O–H groups in total. The van der Waals surface area contributed by atoms with E-state index in [0.29, 0.717) is 11.2 Å². The van der Waals surface area contributed by atoms with Gasteiger partial charge in [0, 0.05) is 6.04 Å². The van der Waals surface area contributed by atoms with E-state index in [4.69, 9.17) is 0 Å². The Hall–Kier alpha value is -0.590. The predicted octanol–water partition coefficient (Wildman–Crippen LogP) is 2.61. The molecule has 1 heterocycles. The van der Waals surface area contributed by atoms with Crippen molar-refractivity contribution in [1.29, 1.82) is 0 Å². The summed E-state index contributed by atoms with van der Waals surface area (Å²) >= 11 is 3.19. The first-order valence-corrected chi connectivity index (χ1v) is 5.69. The van der Waals surface area contributed by atoms with Crippen molar-refractivity contribution in [3.05, 3.63) is 11.6 Å². The van der Waals surface area contributed by atoms with Crippen LogP contribution in [-0.4, -0.2) is 20.9 Å². The second kappa shape index (κ2) is 3.77. The number of halogens is 4. The van der Waals surface area contributed by atoms with E-state index in [1.807, 2.05) is 0 Å². The van der Waals surface area contributed by atoms with Crippen LogP contribution in [0.5, 0.6) is 0 Å². The van der Waals surface area contributed by atoms with Crippen LogP contribution < -0.4 is 0 Å². The molecule has 1 aliphatic rings. The van der Waals surface area contributed by atoms with Gasteiger partial charge in [-0.05, 0) is 12.8 Å². The summed E-state index contributed by atoms with van der Waals surface area (Å²) in [4.78, 5) is 0. The maximum atomic E-state index is 12.2. The molecule has 3 nitrogen and oxygen atoms in total. The molecule has 1 aromatic heterocycles. The number of alkyl halides is 4. The van der Waals surface area contributed by atoms with Gasteiger partial charge >= 0.3 is 6.18 Å². The van der Waals surface area contributed by atoms with E-state index < -0.39 is 12.6 Å². The van der Waals surface area contributed by atoms with E-state index in [0.717, 1.165) is 12.8 Å². The first kappa shape index (κ1) is 10.9. The molecule has 0 bridgehead atoms. The minimum Gasteiger partial charge on any atom is -0.311 e.